The van der Waals surface area contributed by atoms with Crippen molar-refractivity contribution in [3.05, 3.63) is 51.8 Å². The van der Waals surface area contributed by atoms with Crippen LogP contribution in [0.5, 0.6) is 5.75 Å². The molecule has 0 radical (unpaired) electrons. The molecule has 21 heavy (non-hydrogen) atoms. The predicted octanol–water partition coefficient (Wildman–Crippen LogP) is 3.79. The van der Waals surface area contributed by atoms with Gasteiger partial charge in [0.25, 0.3) is 0 Å². The first-order valence-electron chi connectivity index (χ1n) is 6.66. The van der Waals surface area contributed by atoms with Gasteiger partial charge in [0.1, 0.15) is 5.75 Å². The molecule has 0 amide bonds. The lowest BCUT2D eigenvalue weighted by atomic mass is 10.1. The normalized spacial score (nSPS) is 11.0. The Kier molecular flexibility index (Phi) is 4.96. The van der Waals surface area contributed by atoms with E-state index in [9.17, 15) is 4.79 Å². The van der Waals surface area contributed by atoms with Crippen LogP contribution in [0, 0.1) is 6.92 Å². The van der Waals surface area contributed by atoms with Gasteiger partial charge in [-0.2, -0.15) is 5.10 Å². The van der Waals surface area contributed by atoms with Gasteiger partial charge in [0.2, 0.25) is 0 Å². The number of ketones is 1. The first kappa shape index (κ1) is 15.5. The first-order valence-corrected chi connectivity index (χ1v) is 7.45. The van der Waals surface area contributed by atoms with Crippen LogP contribution in [0.1, 0.15) is 28.5 Å². The van der Waals surface area contributed by atoms with Gasteiger partial charge in [-0.15, -0.1) is 0 Å². The van der Waals surface area contributed by atoms with Gasteiger partial charge >= 0.3 is 0 Å². The van der Waals surface area contributed by atoms with Crippen LogP contribution in [0.15, 0.2) is 34.9 Å². The zero-order chi connectivity index (χ0) is 15.4. The van der Waals surface area contributed by atoms with E-state index in [2.05, 4.69) is 21.0 Å². The van der Waals surface area contributed by atoms with Crippen molar-refractivity contribution in [2.45, 2.75) is 13.8 Å². The van der Waals surface area contributed by atoms with Gasteiger partial charge in [-0.25, -0.2) is 0 Å². The van der Waals surface area contributed by atoms with Crippen LogP contribution < -0.4 is 4.74 Å². The molecule has 0 atom stereocenters. The summed E-state index contributed by atoms with van der Waals surface area (Å²) in [6.07, 6.45) is 4.91. The largest absolute Gasteiger partial charge is 0.493 e. The van der Waals surface area contributed by atoms with Crippen molar-refractivity contribution in [3.8, 4) is 5.75 Å². The summed E-state index contributed by atoms with van der Waals surface area (Å²) in [4.78, 5) is 12.2. The minimum absolute atomic E-state index is 0.0666. The molecule has 110 valence electrons. The van der Waals surface area contributed by atoms with Gasteiger partial charge in [-0.1, -0.05) is 15.9 Å². The van der Waals surface area contributed by atoms with E-state index in [4.69, 9.17) is 4.74 Å². The third-order valence-electron chi connectivity index (χ3n) is 3.19. The Balaban J connectivity index is 2.26. The Hall–Kier alpha value is -1.88. The second-order valence-corrected chi connectivity index (χ2v) is 5.50. The summed E-state index contributed by atoms with van der Waals surface area (Å²) in [5.41, 5.74) is 2.33. The lowest BCUT2D eigenvalue weighted by Gasteiger charge is -2.07. The average Bonchev–Trinajstić information content (AvgIpc) is 2.79. The van der Waals surface area contributed by atoms with Crippen LogP contribution in [-0.2, 0) is 7.05 Å². The molecule has 2 aromatic rings. The van der Waals surface area contributed by atoms with E-state index >= 15 is 0 Å². The molecule has 0 N–H and O–H groups in total. The van der Waals surface area contributed by atoms with Crippen molar-refractivity contribution >= 4 is 27.8 Å². The lowest BCUT2D eigenvalue weighted by molar-refractivity contribution is 0.104. The number of aromatic nitrogens is 2. The highest BCUT2D eigenvalue weighted by Crippen LogP contribution is 2.24. The molecular weight excluding hydrogens is 332 g/mol. The van der Waals surface area contributed by atoms with Gasteiger partial charge in [0.15, 0.2) is 5.78 Å². The molecule has 2 rings (SSSR count). The van der Waals surface area contributed by atoms with Crippen LogP contribution in [0.2, 0.25) is 0 Å². The molecule has 0 spiro atoms. The number of benzene rings is 1. The monoisotopic (exact) mass is 348 g/mol. The minimum atomic E-state index is -0.0666. The van der Waals surface area contributed by atoms with Crippen LogP contribution in [-0.4, -0.2) is 22.2 Å². The fraction of sp³-hybridized carbons (Fsp3) is 0.250. The highest BCUT2D eigenvalue weighted by molar-refractivity contribution is 9.10. The number of ether oxygens (including phenoxy) is 1. The zero-order valence-electron chi connectivity index (χ0n) is 12.3. The van der Waals surface area contributed by atoms with Crippen LogP contribution in [0.4, 0.5) is 0 Å². The maximum atomic E-state index is 12.2. The first-order chi connectivity index (χ1) is 10.0. The smallest absolute Gasteiger partial charge is 0.189 e. The summed E-state index contributed by atoms with van der Waals surface area (Å²) >= 11 is 3.43. The standard InChI is InChI=1S/C16H17BrN2O2/c1-4-21-16-8-6-13(17)9-12(16)5-7-15(20)14-10-18-19(3)11(14)2/h5-10H,4H2,1-3H3/b7-5+. The Morgan fingerprint density at radius 1 is 1.48 bits per heavy atom. The lowest BCUT2D eigenvalue weighted by Crippen LogP contribution is -1.99. The van der Waals surface area contributed by atoms with E-state index in [-0.39, 0.29) is 5.78 Å². The molecule has 0 saturated heterocycles. The SMILES string of the molecule is CCOc1ccc(Br)cc1/C=C/C(=O)c1cnn(C)c1C. The molecule has 0 bridgehead atoms. The number of halogens is 1. The summed E-state index contributed by atoms with van der Waals surface area (Å²) in [5.74, 6) is 0.690. The number of carbonyl (C=O) groups is 1. The summed E-state index contributed by atoms with van der Waals surface area (Å²) in [5, 5.41) is 4.08. The third kappa shape index (κ3) is 3.61. The third-order valence-corrected chi connectivity index (χ3v) is 3.68. The number of aryl methyl sites for hydroxylation is 1. The van der Waals surface area contributed by atoms with Crippen molar-refractivity contribution < 1.29 is 9.53 Å². The Morgan fingerprint density at radius 3 is 2.86 bits per heavy atom. The van der Waals surface area contributed by atoms with Gasteiger partial charge in [-0.3, -0.25) is 9.48 Å². The van der Waals surface area contributed by atoms with Gasteiger partial charge < -0.3 is 4.74 Å². The second-order valence-electron chi connectivity index (χ2n) is 4.58. The topological polar surface area (TPSA) is 44.1 Å². The summed E-state index contributed by atoms with van der Waals surface area (Å²) in [6.45, 7) is 4.39. The van der Waals surface area contributed by atoms with E-state index in [1.807, 2.05) is 39.1 Å². The number of hydrogen-bond donors (Lipinski definition) is 0. The molecule has 5 heteroatoms. The van der Waals surface area contributed by atoms with Gasteiger partial charge in [0, 0.05) is 22.8 Å². The molecule has 0 aliphatic rings. The van der Waals surface area contributed by atoms with E-state index < -0.39 is 0 Å². The Bertz CT molecular complexity index is 690. The molecule has 0 aliphatic heterocycles. The van der Waals surface area contributed by atoms with Crippen molar-refractivity contribution in [1.29, 1.82) is 0 Å². The van der Waals surface area contributed by atoms with Crippen molar-refractivity contribution in [2.24, 2.45) is 7.05 Å². The van der Waals surface area contributed by atoms with Crippen molar-refractivity contribution in [3.63, 3.8) is 0 Å². The average molecular weight is 349 g/mol. The summed E-state index contributed by atoms with van der Waals surface area (Å²) < 4.78 is 8.18. The Morgan fingerprint density at radius 2 is 2.24 bits per heavy atom. The number of allylic oxidation sites excluding steroid dienone is 1. The van der Waals surface area contributed by atoms with E-state index in [1.165, 1.54) is 0 Å². The van der Waals surface area contributed by atoms with Gasteiger partial charge in [-0.05, 0) is 44.2 Å². The molecule has 1 aromatic heterocycles. The highest BCUT2D eigenvalue weighted by Gasteiger charge is 2.10. The zero-order valence-corrected chi connectivity index (χ0v) is 13.8. The van der Waals surface area contributed by atoms with Crippen molar-refractivity contribution in [1.82, 2.24) is 9.78 Å². The molecule has 1 aromatic carbocycles. The molecular formula is C16H17BrN2O2. The summed E-state index contributed by atoms with van der Waals surface area (Å²) in [6, 6.07) is 5.72. The molecule has 4 nitrogen and oxygen atoms in total. The quantitative estimate of drug-likeness (QED) is 0.609. The van der Waals surface area contributed by atoms with Crippen LogP contribution in [0.3, 0.4) is 0 Å². The highest BCUT2D eigenvalue weighted by atomic mass is 79.9. The van der Waals surface area contributed by atoms with E-state index in [0.29, 0.717) is 12.2 Å². The van der Waals surface area contributed by atoms with E-state index in [0.717, 1.165) is 21.5 Å². The van der Waals surface area contributed by atoms with E-state index in [1.54, 1.807) is 23.0 Å². The number of rotatable bonds is 5. The number of nitrogens with zero attached hydrogens (tertiary/aromatic N) is 2. The van der Waals surface area contributed by atoms with Crippen molar-refractivity contribution in [2.75, 3.05) is 6.61 Å². The molecule has 1 heterocycles. The van der Waals surface area contributed by atoms with Crippen LogP contribution >= 0.6 is 15.9 Å². The van der Waals surface area contributed by atoms with Gasteiger partial charge in [0.05, 0.1) is 18.4 Å². The fourth-order valence-electron chi connectivity index (χ4n) is 1.93. The Labute approximate surface area is 132 Å². The molecule has 0 unspecified atom stereocenters. The molecule has 0 aliphatic carbocycles. The van der Waals surface area contributed by atoms with Crippen LogP contribution in [0.25, 0.3) is 6.08 Å². The molecule has 0 fully saturated rings. The maximum absolute atomic E-state index is 12.2. The minimum Gasteiger partial charge on any atom is -0.493 e. The second kappa shape index (κ2) is 6.72. The maximum Gasteiger partial charge on any atom is 0.189 e. The summed E-state index contributed by atoms with van der Waals surface area (Å²) in [7, 11) is 1.82. The molecule has 0 saturated carbocycles. The fourth-order valence-corrected chi connectivity index (χ4v) is 2.31. The number of carbonyl (C=O) groups excluding carboxylic acids is 1. The predicted molar refractivity (Wildman–Crippen MR) is 86.6 cm³/mol. The number of hydrogen-bond acceptors (Lipinski definition) is 3.